The maximum atomic E-state index is 12.8. The Kier molecular flexibility index (Phi) is 5.09. The quantitative estimate of drug-likeness (QED) is 0.487. The Morgan fingerprint density at radius 1 is 1.12 bits per heavy atom. The van der Waals surface area contributed by atoms with Gasteiger partial charge in [-0.2, -0.15) is 0 Å². The summed E-state index contributed by atoms with van der Waals surface area (Å²) >= 11 is 0. The molecular formula is C14H13FN4O4S. The van der Waals surface area contributed by atoms with Crippen molar-refractivity contribution in [1.82, 2.24) is 4.72 Å². The van der Waals surface area contributed by atoms with E-state index in [1.165, 1.54) is 36.4 Å². The summed E-state index contributed by atoms with van der Waals surface area (Å²) in [4.78, 5) is 11.0. The molecule has 8 nitrogen and oxygen atoms in total. The van der Waals surface area contributed by atoms with Gasteiger partial charge in [-0.15, -0.1) is 10.3 Å². The molecule has 0 unspecified atom stereocenters. The molecule has 2 aromatic carbocycles. The van der Waals surface area contributed by atoms with Crippen molar-refractivity contribution in [2.75, 3.05) is 5.43 Å². The third kappa shape index (κ3) is 4.49. The van der Waals surface area contributed by atoms with Crippen molar-refractivity contribution >= 4 is 27.3 Å². The van der Waals surface area contributed by atoms with Crippen LogP contribution in [0.2, 0.25) is 0 Å². The number of carbonyl (C=O) groups excluding carboxylic acids is 1. The van der Waals surface area contributed by atoms with Crippen molar-refractivity contribution in [3.63, 3.8) is 0 Å². The van der Waals surface area contributed by atoms with E-state index in [2.05, 4.69) is 10.6 Å². The van der Waals surface area contributed by atoms with Crippen LogP contribution in [0.15, 0.2) is 58.6 Å². The first-order valence-corrected chi connectivity index (χ1v) is 8.09. The molecule has 0 bridgehead atoms. The minimum absolute atomic E-state index is 0.110. The predicted molar refractivity (Wildman–Crippen MR) is 83.2 cm³/mol. The number of rotatable bonds is 5. The molecule has 0 radical (unpaired) electrons. The smallest absolute Gasteiger partial charge is 0.264 e. The Morgan fingerprint density at radius 2 is 1.71 bits per heavy atom. The van der Waals surface area contributed by atoms with E-state index < -0.39 is 21.7 Å². The molecule has 1 amide bonds. The molecule has 0 saturated heterocycles. The fraction of sp³-hybridized carbons (Fsp3) is 0.0714. The lowest BCUT2D eigenvalue weighted by atomic mass is 10.3. The number of sulfonamides is 1. The average molecular weight is 352 g/mol. The molecule has 2 rings (SSSR count). The molecule has 0 aromatic heterocycles. The van der Waals surface area contributed by atoms with Gasteiger partial charge in [0.2, 0.25) is 5.91 Å². The van der Waals surface area contributed by atoms with Gasteiger partial charge in [0.05, 0.1) is 10.1 Å². The summed E-state index contributed by atoms with van der Waals surface area (Å²) in [5, 5.41) is 15.2. The molecule has 0 fully saturated rings. The number of carbonyl (C=O) groups is 1. The molecule has 126 valence electrons. The van der Waals surface area contributed by atoms with Crippen molar-refractivity contribution in [3.05, 3.63) is 59.6 Å². The predicted octanol–water partition coefficient (Wildman–Crippen LogP) is 2.27. The number of anilines is 1. The van der Waals surface area contributed by atoms with Crippen LogP contribution in [0.4, 0.5) is 15.8 Å². The highest BCUT2D eigenvalue weighted by Crippen LogP contribution is 2.15. The molecule has 0 heterocycles. The van der Waals surface area contributed by atoms with Gasteiger partial charge < -0.3 is 5.21 Å². The Labute approximate surface area is 137 Å². The third-order valence-corrected chi connectivity index (χ3v) is 4.21. The molecule has 0 aliphatic rings. The number of benzene rings is 2. The van der Waals surface area contributed by atoms with Crippen molar-refractivity contribution < 1.29 is 22.5 Å². The Balaban J connectivity index is 2.10. The van der Waals surface area contributed by atoms with Crippen LogP contribution in [-0.4, -0.2) is 19.2 Å². The highest BCUT2D eigenvalue weighted by atomic mass is 32.2. The lowest BCUT2D eigenvalue weighted by Crippen LogP contribution is -2.28. The molecule has 10 heteroatoms. The normalized spacial score (nSPS) is 11.8. The van der Waals surface area contributed by atoms with Crippen LogP contribution in [0.25, 0.3) is 0 Å². The summed E-state index contributed by atoms with van der Waals surface area (Å²) in [7, 11) is -3.92. The highest BCUT2D eigenvalue weighted by molar-refractivity contribution is 7.90. The lowest BCUT2D eigenvalue weighted by Gasteiger charge is -2.06. The number of hydrogen-bond acceptors (Lipinski definition) is 5. The zero-order valence-corrected chi connectivity index (χ0v) is 13.2. The Bertz CT molecular complexity index is 865. The number of amides is 1. The summed E-state index contributed by atoms with van der Waals surface area (Å²) in [6.07, 6.45) is 0. The first-order chi connectivity index (χ1) is 11.3. The topological polar surface area (TPSA) is 114 Å². The van der Waals surface area contributed by atoms with Crippen LogP contribution in [-0.2, 0) is 14.8 Å². The second-order valence-electron chi connectivity index (χ2n) is 4.65. The van der Waals surface area contributed by atoms with Crippen LogP contribution in [0, 0.1) is 11.0 Å². The van der Waals surface area contributed by atoms with Crippen molar-refractivity contribution in [2.24, 2.45) is 5.22 Å². The third-order valence-electron chi connectivity index (χ3n) is 2.76. The Hall–Kier alpha value is -3.01. The van der Waals surface area contributed by atoms with Gasteiger partial charge >= 0.3 is 0 Å². The maximum Gasteiger partial charge on any atom is 0.264 e. The van der Waals surface area contributed by atoms with E-state index in [1.807, 2.05) is 4.72 Å². The molecule has 0 aliphatic heterocycles. The Morgan fingerprint density at radius 3 is 2.25 bits per heavy atom. The van der Waals surface area contributed by atoms with Gasteiger partial charge in [0.1, 0.15) is 11.5 Å². The maximum absolute atomic E-state index is 12.8. The SMILES string of the molecule is CC(=O)NS(=O)(=O)c1ccc(N/N=[N+](\[O-])c2ccc(F)cc2)cc1. The molecule has 0 saturated carbocycles. The monoisotopic (exact) mass is 352 g/mol. The van der Waals surface area contributed by atoms with E-state index in [0.29, 0.717) is 5.69 Å². The van der Waals surface area contributed by atoms with Crippen molar-refractivity contribution in [3.8, 4) is 0 Å². The number of halogens is 1. The van der Waals surface area contributed by atoms with E-state index in [4.69, 9.17) is 0 Å². The first-order valence-electron chi connectivity index (χ1n) is 6.61. The minimum Gasteiger partial charge on any atom is -0.691 e. The largest absolute Gasteiger partial charge is 0.691 e. The van der Waals surface area contributed by atoms with E-state index in [9.17, 15) is 22.8 Å². The van der Waals surface area contributed by atoms with Gasteiger partial charge in [-0.1, -0.05) is 0 Å². The summed E-state index contributed by atoms with van der Waals surface area (Å²) < 4.78 is 38.1. The molecular weight excluding hydrogens is 339 g/mol. The van der Waals surface area contributed by atoms with E-state index >= 15 is 0 Å². The minimum atomic E-state index is -3.92. The summed E-state index contributed by atoms with van der Waals surface area (Å²) in [5.41, 5.74) is 2.91. The van der Waals surface area contributed by atoms with E-state index in [0.717, 1.165) is 19.1 Å². The molecule has 0 spiro atoms. The van der Waals surface area contributed by atoms with Crippen LogP contribution >= 0.6 is 0 Å². The van der Waals surface area contributed by atoms with E-state index in [-0.39, 0.29) is 15.4 Å². The summed E-state index contributed by atoms with van der Waals surface area (Å²) in [5.74, 6) is -1.18. The van der Waals surface area contributed by atoms with Crippen LogP contribution < -0.4 is 10.1 Å². The number of nitrogens with one attached hydrogen (secondary N) is 2. The molecule has 2 N–H and O–H groups in total. The van der Waals surface area contributed by atoms with Crippen molar-refractivity contribution in [2.45, 2.75) is 11.8 Å². The summed E-state index contributed by atoms with van der Waals surface area (Å²) in [6.45, 7) is 1.09. The van der Waals surface area contributed by atoms with Gasteiger partial charge in [-0.25, -0.2) is 17.5 Å². The van der Waals surface area contributed by atoms with Crippen molar-refractivity contribution in [1.29, 1.82) is 0 Å². The second-order valence-corrected chi connectivity index (χ2v) is 6.33. The zero-order valence-electron chi connectivity index (χ0n) is 12.4. The van der Waals surface area contributed by atoms with Crippen LogP contribution in [0.5, 0.6) is 0 Å². The van der Waals surface area contributed by atoms with Gasteiger partial charge in [0, 0.05) is 6.92 Å². The number of nitrogens with zero attached hydrogens (tertiary/aromatic N) is 2. The van der Waals surface area contributed by atoms with E-state index in [1.54, 1.807) is 0 Å². The number of hydrogen-bond donors (Lipinski definition) is 2. The fourth-order valence-corrected chi connectivity index (χ4v) is 2.68. The van der Waals surface area contributed by atoms with Gasteiger partial charge in [-0.05, 0) is 48.5 Å². The average Bonchev–Trinajstić information content (AvgIpc) is 2.52. The van der Waals surface area contributed by atoms with Gasteiger partial charge in [-0.3, -0.25) is 4.79 Å². The zero-order chi connectivity index (χ0) is 17.7. The lowest BCUT2D eigenvalue weighted by molar-refractivity contribution is -0.439. The highest BCUT2D eigenvalue weighted by Gasteiger charge is 2.15. The molecule has 2 aromatic rings. The fourth-order valence-electron chi connectivity index (χ4n) is 1.69. The molecule has 24 heavy (non-hydrogen) atoms. The van der Waals surface area contributed by atoms with Crippen LogP contribution in [0.3, 0.4) is 0 Å². The molecule has 0 atom stereocenters. The van der Waals surface area contributed by atoms with Crippen LogP contribution in [0.1, 0.15) is 6.92 Å². The summed E-state index contributed by atoms with van der Waals surface area (Å²) in [6, 6.07) is 10.0. The molecule has 0 aliphatic carbocycles. The second kappa shape index (κ2) is 7.04. The van der Waals surface area contributed by atoms with Gasteiger partial charge in [0.15, 0.2) is 5.69 Å². The standard InChI is InChI=1S/C14H13FN4O4S/c1-10(20)17-24(22,23)14-8-4-12(5-9-14)16-18-19(21)13-6-2-11(15)3-7-13/h2-9,16H,1H3,(H,17,20)/b19-18-. The van der Waals surface area contributed by atoms with Gasteiger partial charge in [0.25, 0.3) is 10.0 Å². The first kappa shape index (κ1) is 17.3.